The van der Waals surface area contributed by atoms with Gasteiger partial charge in [-0.3, -0.25) is 0 Å². The van der Waals surface area contributed by atoms with Gasteiger partial charge < -0.3 is 24.3 Å². The number of hydrogen-bond donors (Lipinski definition) is 1. The van der Waals surface area contributed by atoms with Gasteiger partial charge >= 0.3 is 0 Å². The molecule has 0 amide bonds. The molecule has 0 bridgehead atoms. The van der Waals surface area contributed by atoms with Gasteiger partial charge in [0.15, 0.2) is 11.5 Å². The first kappa shape index (κ1) is 13.0. The third-order valence-electron chi connectivity index (χ3n) is 2.65. The van der Waals surface area contributed by atoms with Gasteiger partial charge in [-0.25, -0.2) is 0 Å². The normalized spacial score (nSPS) is 12.8. The number of rotatable bonds is 7. The molecule has 5 nitrogen and oxygen atoms in total. The van der Waals surface area contributed by atoms with E-state index in [1.54, 1.807) is 7.11 Å². The Kier molecular flexibility index (Phi) is 4.66. The maximum atomic E-state index is 5.61. The monoisotopic (exact) mass is 253 g/mol. The van der Waals surface area contributed by atoms with Crippen LogP contribution < -0.4 is 19.5 Å². The van der Waals surface area contributed by atoms with Gasteiger partial charge in [0.2, 0.25) is 6.79 Å². The number of hydrogen-bond acceptors (Lipinski definition) is 5. The fourth-order valence-electron chi connectivity index (χ4n) is 1.79. The van der Waals surface area contributed by atoms with Gasteiger partial charge in [0.05, 0.1) is 13.2 Å². The lowest BCUT2D eigenvalue weighted by Crippen LogP contribution is -2.19. The zero-order chi connectivity index (χ0) is 12.8. The van der Waals surface area contributed by atoms with E-state index in [1.165, 1.54) is 0 Å². The molecule has 5 heteroatoms. The smallest absolute Gasteiger partial charge is 0.231 e. The first-order valence-electron chi connectivity index (χ1n) is 6.10. The minimum absolute atomic E-state index is 0.279. The van der Waals surface area contributed by atoms with Gasteiger partial charge in [0, 0.05) is 31.8 Å². The van der Waals surface area contributed by atoms with Gasteiger partial charge in [0.1, 0.15) is 5.75 Å². The molecule has 1 aliphatic rings. The van der Waals surface area contributed by atoms with E-state index in [-0.39, 0.29) is 6.79 Å². The van der Waals surface area contributed by atoms with Gasteiger partial charge in [-0.2, -0.15) is 0 Å². The Labute approximate surface area is 107 Å². The van der Waals surface area contributed by atoms with Crippen LogP contribution in [0.4, 0.5) is 0 Å². The van der Waals surface area contributed by atoms with E-state index in [2.05, 4.69) is 5.32 Å². The maximum Gasteiger partial charge on any atom is 0.231 e. The van der Waals surface area contributed by atoms with Gasteiger partial charge in [0.25, 0.3) is 0 Å². The van der Waals surface area contributed by atoms with E-state index in [0.29, 0.717) is 13.2 Å². The Morgan fingerprint density at radius 2 is 2.06 bits per heavy atom. The van der Waals surface area contributed by atoms with Gasteiger partial charge in [-0.15, -0.1) is 0 Å². The average molecular weight is 253 g/mol. The molecule has 2 rings (SSSR count). The van der Waals surface area contributed by atoms with Gasteiger partial charge in [-0.05, 0) is 13.0 Å². The molecule has 0 unspecified atom stereocenters. The third kappa shape index (κ3) is 3.05. The van der Waals surface area contributed by atoms with E-state index in [9.17, 15) is 0 Å². The topological polar surface area (TPSA) is 49.0 Å². The van der Waals surface area contributed by atoms with E-state index in [4.69, 9.17) is 18.9 Å². The van der Waals surface area contributed by atoms with Crippen LogP contribution in [0.1, 0.15) is 12.5 Å². The summed E-state index contributed by atoms with van der Waals surface area (Å²) in [5, 5.41) is 3.29. The van der Waals surface area contributed by atoms with Crippen molar-refractivity contribution >= 4 is 0 Å². The van der Waals surface area contributed by atoms with Crippen molar-refractivity contribution in [3.63, 3.8) is 0 Å². The molecule has 1 heterocycles. The summed E-state index contributed by atoms with van der Waals surface area (Å²) >= 11 is 0. The molecule has 1 aliphatic heterocycles. The standard InChI is InChI=1S/C13H19NO4/c1-3-16-11-7-13-12(17-9-18-13)6-10(11)8-14-4-5-15-2/h6-7,14H,3-5,8-9H2,1-2H3. The third-order valence-corrected chi connectivity index (χ3v) is 2.65. The molecule has 0 atom stereocenters. The van der Waals surface area contributed by atoms with Crippen molar-refractivity contribution in [2.45, 2.75) is 13.5 Å². The summed E-state index contributed by atoms with van der Waals surface area (Å²) in [6.45, 7) is 5.08. The minimum Gasteiger partial charge on any atom is -0.493 e. The number of methoxy groups -OCH3 is 1. The summed E-state index contributed by atoms with van der Waals surface area (Å²) in [5.74, 6) is 2.37. The largest absolute Gasteiger partial charge is 0.493 e. The maximum absolute atomic E-state index is 5.61. The number of ether oxygens (including phenoxy) is 4. The van der Waals surface area contributed by atoms with Crippen molar-refractivity contribution in [2.75, 3.05) is 33.7 Å². The summed E-state index contributed by atoms with van der Waals surface area (Å²) in [6, 6.07) is 3.85. The summed E-state index contributed by atoms with van der Waals surface area (Å²) in [4.78, 5) is 0. The highest BCUT2D eigenvalue weighted by atomic mass is 16.7. The Morgan fingerprint density at radius 3 is 2.78 bits per heavy atom. The lowest BCUT2D eigenvalue weighted by Gasteiger charge is -2.12. The van der Waals surface area contributed by atoms with Crippen LogP contribution in [0.5, 0.6) is 17.2 Å². The van der Waals surface area contributed by atoms with Crippen LogP contribution in [0.2, 0.25) is 0 Å². The highest BCUT2D eigenvalue weighted by Gasteiger charge is 2.17. The summed E-state index contributed by atoms with van der Waals surface area (Å²) in [6.07, 6.45) is 0. The zero-order valence-corrected chi connectivity index (χ0v) is 10.8. The van der Waals surface area contributed by atoms with Crippen molar-refractivity contribution < 1.29 is 18.9 Å². The van der Waals surface area contributed by atoms with E-state index in [0.717, 1.165) is 35.9 Å². The second-order valence-electron chi connectivity index (χ2n) is 3.92. The molecule has 0 aliphatic carbocycles. The fraction of sp³-hybridized carbons (Fsp3) is 0.538. The molecule has 0 saturated carbocycles. The summed E-state index contributed by atoms with van der Waals surface area (Å²) in [7, 11) is 1.69. The molecule has 0 spiro atoms. The van der Waals surface area contributed by atoms with Crippen LogP contribution in [0.25, 0.3) is 0 Å². The molecule has 0 aromatic heterocycles. The molecule has 1 aromatic carbocycles. The van der Waals surface area contributed by atoms with Crippen molar-refractivity contribution in [2.24, 2.45) is 0 Å². The Bertz CT molecular complexity index is 395. The zero-order valence-electron chi connectivity index (χ0n) is 10.8. The summed E-state index contributed by atoms with van der Waals surface area (Å²) < 4.78 is 21.3. The fourth-order valence-corrected chi connectivity index (χ4v) is 1.79. The average Bonchev–Trinajstić information content (AvgIpc) is 2.82. The Morgan fingerprint density at radius 1 is 1.28 bits per heavy atom. The lowest BCUT2D eigenvalue weighted by atomic mass is 10.1. The predicted octanol–water partition coefficient (Wildman–Crippen LogP) is 1.55. The minimum atomic E-state index is 0.279. The molecule has 18 heavy (non-hydrogen) atoms. The molecule has 1 N–H and O–H groups in total. The summed E-state index contributed by atoms with van der Waals surface area (Å²) in [5.41, 5.74) is 1.07. The second-order valence-corrected chi connectivity index (χ2v) is 3.92. The molecule has 1 aromatic rings. The molecule has 0 fully saturated rings. The molecular weight excluding hydrogens is 234 g/mol. The number of nitrogens with one attached hydrogen (secondary N) is 1. The quantitative estimate of drug-likeness (QED) is 0.747. The highest BCUT2D eigenvalue weighted by Crippen LogP contribution is 2.38. The van der Waals surface area contributed by atoms with Crippen LogP contribution in [-0.2, 0) is 11.3 Å². The Hall–Kier alpha value is -1.46. The predicted molar refractivity (Wildman–Crippen MR) is 67.3 cm³/mol. The van der Waals surface area contributed by atoms with Crippen molar-refractivity contribution in [1.82, 2.24) is 5.32 Å². The number of benzene rings is 1. The van der Waals surface area contributed by atoms with Crippen LogP contribution in [0, 0.1) is 0 Å². The van der Waals surface area contributed by atoms with Crippen molar-refractivity contribution in [3.8, 4) is 17.2 Å². The van der Waals surface area contributed by atoms with Crippen LogP contribution in [0.3, 0.4) is 0 Å². The molecule has 0 radical (unpaired) electrons. The number of fused-ring (bicyclic) bond motifs is 1. The first-order valence-corrected chi connectivity index (χ1v) is 6.10. The van der Waals surface area contributed by atoms with E-state index < -0.39 is 0 Å². The highest BCUT2D eigenvalue weighted by molar-refractivity contribution is 5.51. The molecule has 100 valence electrons. The van der Waals surface area contributed by atoms with E-state index >= 15 is 0 Å². The van der Waals surface area contributed by atoms with Crippen LogP contribution in [-0.4, -0.2) is 33.7 Å². The van der Waals surface area contributed by atoms with Crippen molar-refractivity contribution in [3.05, 3.63) is 17.7 Å². The Balaban J connectivity index is 2.06. The van der Waals surface area contributed by atoms with Crippen LogP contribution in [0.15, 0.2) is 12.1 Å². The van der Waals surface area contributed by atoms with Gasteiger partial charge in [-0.1, -0.05) is 0 Å². The van der Waals surface area contributed by atoms with Crippen LogP contribution >= 0.6 is 0 Å². The molecular formula is C13H19NO4. The molecule has 0 saturated heterocycles. The SMILES string of the molecule is CCOc1cc2c(cc1CNCCOC)OCO2. The van der Waals surface area contributed by atoms with E-state index in [1.807, 2.05) is 19.1 Å². The second kappa shape index (κ2) is 6.47. The van der Waals surface area contributed by atoms with Crippen molar-refractivity contribution in [1.29, 1.82) is 0 Å². The lowest BCUT2D eigenvalue weighted by molar-refractivity contribution is 0.173. The first-order chi connectivity index (χ1) is 8.85.